The van der Waals surface area contributed by atoms with Crippen LogP contribution in [0.1, 0.15) is 52.9 Å². The van der Waals surface area contributed by atoms with E-state index in [1.54, 1.807) is 30.3 Å². The number of carbonyl (C=O) groups excluding carboxylic acids is 1. The monoisotopic (exact) mass is 724 g/mol. The average Bonchev–Trinajstić information content (AvgIpc) is 3.07. The molecule has 1 aromatic heterocycles. The predicted molar refractivity (Wildman–Crippen MR) is 181 cm³/mol. The van der Waals surface area contributed by atoms with Gasteiger partial charge in [0, 0.05) is 62.2 Å². The largest absolute Gasteiger partial charge is 0.495 e. The number of rotatable bonds is 11. The van der Waals surface area contributed by atoms with Gasteiger partial charge in [-0.15, -0.1) is 0 Å². The highest BCUT2D eigenvalue weighted by atomic mass is 35.5. The van der Waals surface area contributed by atoms with E-state index in [9.17, 15) is 26.4 Å². The summed E-state index contributed by atoms with van der Waals surface area (Å²) >= 11 is 6.10. The second-order valence-electron chi connectivity index (χ2n) is 12.2. The molecule has 2 saturated heterocycles. The van der Waals surface area contributed by atoms with E-state index in [4.69, 9.17) is 21.1 Å². The van der Waals surface area contributed by atoms with Gasteiger partial charge in [-0.1, -0.05) is 17.7 Å². The van der Waals surface area contributed by atoms with Gasteiger partial charge in [0.15, 0.2) is 0 Å². The van der Waals surface area contributed by atoms with Crippen LogP contribution in [0.25, 0.3) is 0 Å². The summed E-state index contributed by atoms with van der Waals surface area (Å²) in [5, 5.41) is 6.31. The van der Waals surface area contributed by atoms with Gasteiger partial charge in [-0.05, 0) is 74.4 Å². The molecular formula is C33H40ClF3N6O5S. The van der Waals surface area contributed by atoms with Crippen molar-refractivity contribution >= 4 is 44.9 Å². The number of piperidine rings is 1. The van der Waals surface area contributed by atoms with Crippen molar-refractivity contribution in [2.75, 3.05) is 56.3 Å². The fraction of sp³-hybridized carbons (Fsp3) is 0.485. The molecule has 2 aliphatic heterocycles. The Labute approximate surface area is 289 Å². The summed E-state index contributed by atoms with van der Waals surface area (Å²) in [5.74, 6) is -0.0773. The van der Waals surface area contributed by atoms with Gasteiger partial charge in [0.25, 0.3) is 5.91 Å². The molecule has 0 spiro atoms. The van der Waals surface area contributed by atoms with Gasteiger partial charge in [0.05, 0.1) is 36.0 Å². The van der Waals surface area contributed by atoms with Gasteiger partial charge in [-0.25, -0.2) is 18.4 Å². The van der Waals surface area contributed by atoms with Crippen molar-refractivity contribution in [3.05, 3.63) is 70.0 Å². The maximum absolute atomic E-state index is 14.0. The third kappa shape index (κ3) is 9.32. The van der Waals surface area contributed by atoms with Crippen molar-refractivity contribution in [2.45, 2.75) is 56.8 Å². The zero-order valence-corrected chi connectivity index (χ0v) is 29.1. The number of aromatic nitrogens is 2. The minimum absolute atomic E-state index is 0.0353. The highest BCUT2D eigenvalue weighted by Crippen LogP contribution is 2.34. The SMILES string of the molecule is COc1cc(C(=O)NC2CCN(C3CCOCC3)CC2)ccc1Nc1ncc(C(F)(F)F)c(CCc2ccc(Cl)cc2N(C)S(C)(=O)=O)n1. The third-order valence-corrected chi connectivity index (χ3v) is 10.4. The number of amides is 1. The van der Waals surface area contributed by atoms with Crippen molar-refractivity contribution in [3.8, 4) is 5.75 Å². The third-order valence-electron chi connectivity index (χ3n) is 8.97. The molecule has 1 amide bonds. The molecular weight excluding hydrogens is 685 g/mol. The molecule has 49 heavy (non-hydrogen) atoms. The molecule has 0 atom stereocenters. The molecule has 3 heterocycles. The molecule has 0 bridgehead atoms. The number of hydrogen-bond donors (Lipinski definition) is 2. The fourth-order valence-electron chi connectivity index (χ4n) is 6.16. The Hall–Kier alpha value is -3.66. The molecule has 2 aliphatic rings. The Balaban J connectivity index is 1.28. The minimum Gasteiger partial charge on any atom is -0.495 e. The Morgan fingerprint density at radius 3 is 2.47 bits per heavy atom. The number of nitrogens with one attached hydrogen (secondary N) is 2. The van der Waals surface area contributed by atoms with Crippen LogP contribution in [0.15, 0.2) is 42.6 Å². The number of sulfonamides is 1. The lowest BCUT2D eigenvalue weighted by atomic mass is 9.99. The lowest BCUT2D eigenvalue weighted by molar-refractivity contribution is -0.138. The summed E-state index contributed by atoms with van der Waals surface area (Å²) in [4.78, 5) is 23.7. The van der Waals surface area contributed by atoms with E-state index >= 15 is 0 Å². The fourth-order valence-corrected chi connectivity index (χ4v) is 6.86. The number of alkyl halides is 3. The van der Waals surface area contributed by atoms with Crippen LogP contribution in [0.5, 0.6) is 5.75 Å². The number of methoxy groups -OCH3 is 1. The molecule has 0 unspecified atom stereocenters. The summed E-state index contributed by atoms with van der Waals surface area (Å²) in [6, 6.07) is 9.88. The standard InChI is InChI=1S/C33H40ClF3N6O5S/c1-42(49(3,45)46)29-19-23(34)7-4-21(29)5-8-27-26(33(35,36)37)20-38-32(40-27)41-28-9-6-22(18-30(28)47-2)31(44)39-24-10-14-43(15-11-24)25-12-16-48-17-13-25/h4,6-7,9,18-20,24-25H,5,8,10-17H2,1-3H3,(H,39,44)(H,38,40,41). The highest BCUT2D eigenvalue weighted by Gasteiger charge is 2.35. The Bertz CT molecular complexity index is 1750. The highest BCUT2D eigenvalue weighted by molar-refractivity contribution is 7.92. The van der Waals surface area contributed by atoms with Gasteiger partial charge in [-0.3, -0.25) is 9.10 Å². The lowest BCUT2D eigenvalue weighted by Gasteiger charge is -2.39. The van der Waals surface area contributed by atoms with Gasteiger partial charge >= 0.3 is 6.18 Å². The Kier molecular flexibility index (Phi) is 11.6. The van der Waals surface area contributed by atoms with Gasteiger partial charge in [0.1, 0.15) is 5.75 Å². The van der Waals surface area contributed by atoms with E-state index in [0.29, 0.717) is 29.1 Å². The summed E-state index contributed by atoms with van der Waals surface area (Å²) in [5.41, 5.74) is 0.156. The maximum Gasteiger partial charge on any atom is 0.419 e. The van der Waals surface area contributed by atoms with E-state index in [2.05, 4.69) is 25.5 Å². The quantitative estimate of drug-likeness (QED) is 0.265. The number of carbonyl (C=O) groups is 1. The molecule has 2 aromatic carbocycles. The number of hydrogen-bond acceptors (Lipinski definition) is 9. The Morgan fingerprint density at radius 1 is 1.10 bits per heavy atom. The van der Waals surface area contributed by atoms with E-state index < -0.39 is 21.8 Å². The van der Waals surface area contributed by atoms with Crippen LogP contribution in [0.2, 0.25) is 5.02 Å². The Morgan fingerprint density at radius 2 is 1.82 bits per heavy atom. The molecule has 0 aliphatic carbocycles. The summed E-state index contributed by atoms with van der Waals surface area (Å²) < 4.78 is 78.4. The van der Waals surface area contributed by atoms with Crippen LogP contribution >= 0.6 is 11.6 Å². The second-order valence-corrected chi connectivity index (χ2v) is 14.7. The lowest BCUT2D eigenvalue weighted by Crippen LogP contribution is -2.49. The molecule has 3 aromatic rings. The first-order chi connectivity index (χ1) is 23.2. The van der Waals surface area contributed by atoms with Gasteiger partial charge < -0.3 is 25.0 Å². The van der Waals surface area contributed by atoms with Crippen LogP contribution < -0.4 is 19.7 Å². The summed E-state index contributed by atoms with van der Waals surface area (Å²) in [6.45, 7) is 3.40. The number of benzene rings is 2. The smallest absolute Gasteiger partial charge is 0.419 e. The van der Waals surface area contributed by atoms with Gasteiger partial charge in [0.2, 0.25) is 16.0 Å². The van der Waals surface area contributed by atoms with Crippen LogP contribution in [0.3, 0.4) is 0 Å². The molecule has 0 radical (unpaired) electrons. The molecule has 16 heteroatoms. The average molecular weight is 725 g/mol. The van der Waals surface area contributed by atoms with Crippen LogP contribution in [0.4, 0.5) is 30.5 Å². The van der Waals surface area contributed by atoms with Crippen LogP contribution in [-0.2, 0) is 33.8 Å². The first kappa shape index (κ1) is 36.6. The molecule has 5 rings (SSSR count). The van der Waals surface area contributed by atoms with E-state index in [0.717, 1.165) is 62.5 Å². The van der Waals surface area contributed by atoms with Crippen molar-refractivity contribution < 1.29 is 35.9 Å². The van der Waals surface area contributed by atoms with Crippen molar-refractivity contribution in [3.63, 3.8) is 0 Å². The number of anilines is 3. The van der Waals surface area contributed by atoms with Crippen molar-refractivity contribution in [1.29, 1.82) is 0 Å². The maximum atomic E-state index is 14.0. The molecule has 2 fully saturated rings. The number of ether oxygens (including phenoxy) is 2. The molecule has 266 valence electrons. The van der Waals surface area contributed by atoms with E-state index in [1.165, 1.54) is 20.2 Å². The topological polar surface area (TPSA) is 126 Å². The van der Waals surface area contributed by atoms with E-state index in [1.807, 2.05) is 0 Å². The number of halogens is 4. The number of aryl methyl sites for hydroxylation is 2. The number of nitrogens with zero attached hydrogens (tertiary/aromatic N) is 4. The molecule has 0 saturated carbocycles. The van der Waals surface area contributed by atoms with Gasteiger partial charge in [-0.2, -0.15) is 13.2 Å². The summed E-state index contributed by atoms with van der Waals surface area (Å²) in [7, 11) is -0.896. The zero-order valence-electron chi connectivity index (χ0n) is 27.5. The normalized spacial score (nSPS) is 16.7. The minimum atomic E-state index is -4.73. The van der Waals surface area contributed by atoms with E-state index in [-0.39, 0.29) is 52.9 Å². The second kappa shape index (κ2) is 15.5. The first-order valence-corrected chi connectivity index (χ1v) is 18.2. The van der Waals surface area contributed by atoms with Crippen molar-refractivity contribution in [2.24, 2.45) is 0 Å². The summed E-state index contributed by atoms with van der Waals surface area (Å²) in [6.07, 6.45) is 0.620. The number of likely N-dealkylation sites (tertiary alicyclic amines) is 1. The first-order valence-electron chi connectivity index (χ1n) is 16.0. The van der Waals surface area contributed by atoms with Crippen LogP contribution in [-0.4, -0.2) is 88.0 Å². The van der Waals surface area contributed by atoms with Crippen molar-refractivity contribution in [1.82, 2.24) is 20.2 Å². The molecule has 2 N–H and O–H groups in total. The van der Waals surface area contributed by atoms with Crippen LogP contribution in [0, 0.1) is 0 Å². The zero-order chi connectivity index (χ0) is 35.3. The molecule has 11 nitrogen and oxygen atoms in total. The predicted octanol–water partition coefficient (Wildman–Crippen LogP) is 5.46.